The number of hydrogen-bond donors (Lipinski definition) is 4. The van der Waals surface area contributed by atoms with E-state index in [9.17, 15) is 15.0 Å². The second-order valence-corrected chi connectivity index (χ2v) is 8.79. The summed E-state index contributed by atoms with van der Waals surface area (Å²) in [6, 6.07) is 5.19. The van der Waals surface area contributed by atoms with Crippen molar-refractivity contribution in [1.82, 2.24) is 29.5 Å². The molecule has 2 fully saturated rings. The van der Waals surface area contributed by atoms with Crippen LogP contribution in [0.25, 0.3) is 27.9 Å². The summed E-state index contributed by atoms with van der Waals surface area (Å²) in [5.74, 6) is 0.345. The molecule has 1 aliphatic carbocycles. The van der Waals surface area contributed by atoms with Crippen LogP contribution in [0.1, 0.15) is 29.2 Å². The van der Waals surface area contributed by atoms with Crippen LogP contribution >= 0.6 is 0 Å². The van der Waals surface area contributed by atoms with E-state index in [4.69, 9.17) is 9.72 Å². The summed E-state index contributed by atoms with van der Waals surface area (Å²) in [6.45, 7) is 0.680. The lowest BCUT2D eigenvalue weighted by Crippen LogP contribution is -2.50. The molecule has 1 saturated carbocycles. The van der Waals surface area contributed by atoms with Crippen LogP contribution in [0.2, 0.25) is 0 Å². The monoisotopic (exact) mass is 463 g/mol. The number of aliphatic hydroxyl groups is 2. The van der Waals surface area contributed by atoms with Gasteiger partial charge in [0, 0.05) is 36.5 Å². The first-order chi connectivity index (χ1) is 16.5. The normalized spacial score (nSPS) is 24.4. The van der Waals surface area contributed by atoms with E-state index >= 15 is 0 Å². The van der Waals surface area contributed by atoms with Crippen LogP contribution in [-0.4, -0.2) is 78.8 Å². The summed E-state index contributed by atoms with van der Waals surface area (Å²) in [4.78, 5) is 22.3. The summed E-state index contributed by atoms with van der Waals surface area (Å²) in [5, 5.41) is 31.5. The van der Waals surface area contributed by atoms with Crippen molar-refractivity contribution in [2.75, 3.05) is 25.6 Å². The molecule has 11 nitrogen and oxygen atoms in total. The molecular formula is C23H25N7O4. The average Bonchev–Trinajstić information content (AvgIpc) is 3.57. The third kappa shape index (κ3) is 3.23. The number of carbonyl (C=O) groups is 1. The van der Waals surface area contributed by atoms with E-state index in [1.54, 1.807) is 17.8 Å². The van der Waals surface area contributed by atoms with Crippen molar-refractivity contribution >= 4 is 28.4 Å². The van der Waals surface area contributed by atoms with E-state index in [0.717, 1.165) is 23.0 Å². The Balaban J connectivity index is 1.48. The van der Waals surface area contributed by atoms with E-state index in [1.807, 2.05) is 29.0 Å². The molecule has 0 bridgehead atoms. The van der Waals surface area contributed by atoms with E-state index in [0.29, 0.717) is 35.8 Å². The number of ether oxygens (including phenoxy) is 1. The second kappa shape index (κ2) is 8.05. The van der Waals surface area contributed by atoms with Crippen molar-refractivity contribution < 1.29 is 19.7 Å². The van der Waals surface area contributed by atoms with Crippen LogP contribution in [0, 0.1) is 0 Å². The molecule has 4 N–H and O–H groups in total. The minimum Gasteiger partial charge on any atom is -0.391 e. The molecular weight excluding hydrogens is 438 g/mol. The number of hydrogen-bond acceptors (Lipinski definition) is 8. The van der Waals surface area contributed by atoms with Gasteiger partial charge < -0.3 is 30.2 Å². The van der Waals surface area contributed by atoms with Gasteiger partial charge in [0.2, 0.25) is 0 Å². The summed E-state index contributed by atoms with van der Waals surface area (Å²) >= 11 is 0. The van der Waals surface area contributed by atoms with Crippen LogP contribution in [-0.2, 0) is 4.74 Å². The lowest BCUT2D eigenvalue weighted by Gasteiger charge is -2.32. The first kappa shape index (κ1) is 21.0. The lowest BCUT2D eigenvalue weighted by atomic mass is 9.89. The van der Waals surface area contributed by atoms with Gasteiger partial charge in [-0.3, -0.25) is 4.79 Å². The lowest BCUT2D eigenvalue weighted by molar-refractivity contribution is 0.0448. The SMILES string of the molecule is CNc1cc(-c2cn([C@@H]3COC[C@H]3O)c3ncccc23)nc2c(C(=O)NC3CC[C@H]3O)cnn12. The van der Waals surface area contributed by atoms with Crippen molar-refractivity contribution in [3.8, 4) is 11.3 Å². The highest BCUT2D eigenvalue weighted by molar-refractivity contribution is 6.01. The van der Waals surface area contributed by atoms with Gasteiger partial charge in [-0.15, -0.1) is 0 Å². The van der Waals surface area contributed by atoms with Crippen LogP contribution in [0.15, 0.2) is 36.8 Å². The van der Waals surface area contributed by atoms with Crippen molar-refractivity contribution in [3.05, 3.63) is 42.4 Å². The highest BCUT2D eigenvalue weighted by Crippen LogP contribution is 2.34. The molecule has 34 heavy (non-hydrogen) atoms. The van der Waals surface area contributed by atoms with Crippen molar-refractivity contribution in [1.29, 1.82) is 0 Å². The molecule has 1 amide bonds. The van der Waals surface area contributed by atoms with Crippen LogP contribution in [0.4, 0.5) is 5.82 Å². The van der Waals surface area contributed by atoms with E-state index < -0.39 is 12.2 Å². The smallest absolute Gasteiger partial charge is 0.257 e. The van der Waals surface area contributed by atoms with Crippen LogP contribution in [0.5, 0.6) is 0 Å². The van der Waals surface area contributed by atoms with Crippen LogP contribution < -0.4 is 10.6 Å². The first-order valence-electron chi connectivity index (χ1n) is 11.3. The maximum absolute atomic E-state index is 13.0. The summed E-state index contributed by atoms with van der Waals surface area (Å²) in [5.41, 5.74) is 2.93. The molecule has 1 unspecified atom stereocenters. The third-order valence-electron chi connectivity index (χ3n) is 6.77. The number of carbonyl (C=O) groups excluding carboxylic acids is 1. The van der Waals surface area contributed by atoms with Gasteiger partial charge in [0.25, 0.3) is 5.91 Å². The zero-order valence-corrected chi connectivity index (χ0v) is 18.5. The second-order valence-electron chi connectivity index (χ2n) is 8.79. The fourth-order valence-electron chi connectivity index (χ4n) is 4.67. The molecule has 11 heteroatoms. The Bertz CT molecular complexity index is 1400. The quantitative estimate of drug-likeness (QED) is 0.343. The molecule has 5 heterocycles. The molecule has 0 spiro atoms. The summed E-state index contributed by atoms with van der Waals surface area (Å²) in [7, 11) is 1.78. The van der Waals surface area contributed by atoms with Crippen molar-refractivity contribution in [2.45, 2.75) is 37.1 Å². The number of fused-ring (bicyclic) bond motifs is 2. The number of aliphatic hydroxyl groups excluding tert-OH is 2. The van der Waals surface area contributed by atoms with Gasteiger partial charge >= 0.3 is 0 Å². The maximum Gasteiger partial charge on any atom is 0.257 e. The minimum absolute atomic E-state index is 0.246. The molecule has 2 aliphatic rings. The van der Waals surface area contributed by atoms with Gasteiger partial charge in [0.15, 0.2) is 5.65 Å². The summed E-state index contributed by atoms with van der Waals surface area (Å²) < 4.78 is 8.99. The zero-order valence-electron chi connectivity index (χ0n) is 18.5. The number of amides is 1. The topological polar surface area (TPSA) is 139 Å². The minimum atomic E-state index is -0.624. The molecule has 4 aromatic rings. The molecule has 0 aromatic carbocycles. The Morgan fingerprint density at radius 1 is 1.21 bits per heavy atom. The van der Waals surface area contributed by atoms with E-state index in [2.05, 4.69) is 20.7 Å². The van der Waals surface area contributed by atoms with Gasteiger partial charge in [-0.1, -0.05) is 0 Å². The first-order valence-corrected chi connectivity index (χ1v) is 11.3. The predicted molar refractivity (Wildman–Crippen MR) is 124 cm³/mol. The molecule has 4 atom stereocenters. The van der Waals surface area contributed by atoms with Gasteiger partial charge in [0.05, 0.1) is 43.3 Å². The predicted octanol–water partition coefficient (Wildman–Crippen LogP) is 0.973. The summed E-state index contributed by atoms with van der Waals surface area (Å²) in [6.07, 6.45) is 5.43. The van der Waals surface area contributed by atoms with Crippen LogP contribution in [0.3, 0.4) is 0 Å². The number of rotatable bonds is 5. The molecule has 1 aliphatic heterocycles. The Morgan fingerprint density at radius 3 is 2.79 bits per heavy atom. The number of nitrogens with zero attached hydrogens (tertiary/aromatic N) is 5. The zero-order chi connectivity index (χ0) is 23.4. The largest absolute Gasteiger partial charge is 0.391 e. The van der Waals surface area contributed by atoms with Crippen molar-refractivity contribution in [3.63, 3.8) is 0 Å². The van der Waals surface area contributed by atoms with Gasteiger partial charge in [-0.2, -0.15) is 9.61 Å². The van der Waals surface area contributed by atoms with Gasteiger partial charge in [-0.25, -0.2) is 9.97 Å². The van der Waals surface area contributed by atoms with E-state index in [-0.39, 0.29) is 24.6 Å². The Labute approximate surface area is 194 Å². The Morgan fingerprint density at radius 2 is 2.09 bits per heavy atom. The van der Waals surface area contributed by atoms with Gasteiger partial charge in [0.1, 0.15) is 23.1 Å². The Hall–Kier alpha value is -3.54. The molecule has 1 saturated heterocycles. The highest BCUT2D eigenvalue weighted by Gasteiger charge is 2.32. The fourth-order valence-corrected chi connectivity index (χ4v) is 4.67. The fraction of sp³-hybridized carbons (Fsp3) is 0.391. The highest BCUT2D eigenvalue weighted by atomic mass is 16.5. The Kier molecular flexibility index (Phi) is 4.97. The van der Waals surface area contributed by atoms with E-state index in [1.165, 1.54) is 6.20 Å². The standard InChI is InChI=1S/C23H25N7O4/c1-24-20-7-16(27-22-13(8-26-30(20)22)23(33)28-15-4-5-18(15)31)14-9-29(17-10-34-11-19(17)32)21-12(14)3-2-6-25-21/h2-3,6-9,15,17-19,24,31-32H,4-5,10-11H2,1H3,(H,28,33)/t15?,17-,18-,19-/m1/s1. The maximum atomic E-state index is 13.0. The number of aromatic nitrogens is 5. The number of anilines is 1. The molecule has 4 aromatic heterocycles. The average molecular weight is 463 g/mol. The third-order valence-corrected chi connectivity index (χ3v) is 6.77. The molecule has 0 radical (unpaired) electrons. The number of pyridine rings is 1. The molecule has 176 valence electrons. The van der Waals surface area contributed by atoms with Gasteiger partial charge in [-0.05, 0) is 25.0 Å². The number of nitrogens with one attached hydrogen (secondary N) is 2. The molecule has 6 rings (SSSR count). The van der Waals surface area contributed by atoms with Crippen molar-refractivity contribution in [2.24, 2.45) is 0 Å².